The smallest absolute Gasteiger partial charge is 0.392 e. The standard InChI is InChI=1S/C6H7F3O3/c7-6(8,9)3-1-5(12,2-3)4(10)11/h3,12H,1-2H2,(H,10,11). The van der Waals surface area contributed by atoms with Gasteiger partial charge in [0.05, 0.1) is 5.92 Å². The van der Waals surface area contributed by atoms with E-state index in [2.05, 4.69) is 0 Å². The largest absolute Gasteiger partial charge is 0.479 e. The average Bonchev–Trinajstić information content (AvgIpc) is 1.77. The molecule has 0 spiro atoms. The van der Waals surface area contributed by atoms with Crippen molar-refractivity contribution in [2.45, 2.75) is 24.6 Å². The molecule has 1 rings (SSSR count). The second-order valence-corrected chi connectivity index (χ2v) is 2.98. The summed E-state index contributed by atoms with van der Waals surface area (Å²) in [6, 6.07) is 0. The first-order valence-electron chi connectivity index (χ1n) is 3.28. The Hall–Kier alpha value is -0.780. The van der Waals surface area contributed by atoms with Gasteiger partial charge in [0, 0.05) is 0 Å². The van der Waals surface area contributed by atoms with E-state index in [0.717, 1.165) is 0 Å². The van der Waals surface area contributed by atoms with E-state index in [-0.39, 0.29) is 0 Å². The van der Waals surface area contributed by atoms with E-state index in [1.807, 2.05) is 0 Å². The van der Waals surface area contributed by atoms with Crippen LogP contribution in [0.15, 0.2) is 0 Å². The second kappa shape index (κ2) is 2.35. The summed E-state index contributed by atoms with van der Waals surface area (Å²) in [4.78, 5) is 10.2. The van der Waals surface area contributed by atoms with Crippen LogP contribution in [0.2, 0.25) is 0 Å². The van der Waals surface area contributed by atoms with E-state index in [9.17, 15) is 18.0 Å². The summed E-state index contributed by atoms with van der Waals surface area (Å²) in [5.41, 5.74) is -2.15. The predicted molar refractivity (Wildman–Crippen MR) is 31.4 cm³/mol. The summed E-state index contributed by atoms with van der Waals surface area (Å²) in [5, 5.41) is 17.2. The van der Waals surface area contributed by atoms with Crippen molar-refractivity contribution in [3.8, 4) is 0 Å². The van der Waals surface area contributed by atoms with Gasteiger partial charge in [0.1, 0.15) is 0 Å². The summed E-state index contributed by atoms with van der Waals surface area (Å²) >= 11 is 0. The molecule has 2 N–H and O–H groups in total. The lowest BCUT2D eigenvalue weighted by atomic mass is 9.70. The number of rotatable bonds is 1. The van der Waals surface area contributed by atoms with Gasteiger partial charge in [0.2, 0.25) is 0 Å². The van der Waals surface area contributed by atoms with Crippen molar-refractivity contribution in [3.63, 3.8) is 0 Å². The maximum absolute atomic E-state index is 11.8. The molecule has 6 heteroatoms. The Kier molecular flexibility index (Phi) is 1.82. The van der Waals surface area contributed by atoms with Crippen molar-refractivity contribution in [2.24, 2.45) is 5.92 Å². The Morgan fingerprint density at radius 1 is 1.42 bits per heavy atom. The van der Waals surface area contributed by atoms with Crippen molar-refractivity contribution < 1.29 is 28.2 Å². The lowest BCUT2D eigenvalue weighted by Gasteiger charge is -2.40. The van der Waals surface area contributed by atoms with Crippen LogP contribution in [0.3, 0.4) is 0 Å². The molecule has 0 aliphatic heterocycles. The number of halogens is 3. The van der Waals surface area contributed by atoms with Gasteiger partial charge in [-0.1, -0.05) is 0 Å². The van der Waals surface area contributed by atoms with E-state index in [1.165, 1.54) is 0 Å². The molecule has 0 saturated heterocycles. The number of carboxylic acids is 1. The normalized spacial score (nSPS) is 35.8. The van der Waals surface area contributed by atoms with Crippen LogP contribution >= 0.6 is 0 Å². The fraction of sp³-hybridized carbons (Fsp3) is 0.833. The van der Waals surface area contributed by atoms with Gasteiger partial charge < -0.3 is 10.2 Å². The number of carboxylic acid groups (broad SMARTS) is 1. The van der Waals surface area contributed by atoms with Crippen LogP contribution in [-0.4, -0.2) is 28.0 Å². The molecule has 0 aromatic heterocycles. The van der Waals surface area contributed by atoms with E-state index in [1.54, 1.807) is 0 Å². The van der Waals surface area contributed by atoms with Gasteiger partial charge in [-0.3, -0.25) is 0 Å². The maximum atomic E-state index is 11.8. The third-order valence-corrected chi connectivity index (χ3v) is 2.03. The van der Waals surface area contributed by atoms with Gasteiger partial charge in [-0.2, -0.15) is 13.2 Å². The van der Waals surface area contributed by atoms with Crippen LogP contribution in [0.4, 0.5) is 13.2 Å². The minimum atomic E-state index is -4.39. The Labute approximate surface area is 65.8 Å². The van der Waals surface area contributed by atoms with Crippen molar-refractivity contribution in [1.29, 1.82) is 0 Å². The average molecular weight is 184 g/mol. The molecule has 0 aromatic carbocycles. The molecule has 1 fully saturated rings. The Bertz CT molecular complexity index is 205. The molecular weight excluding hydrogens is 177 g/mol. The Morgan fingerprint density at radius 2 is 1.83 bits per heavy atom. The van der Waals surface area contributed by atoms with E-state index < -0.39 is 36.5 Å². The minimum absolute atomic E-state index is 0.730. The fourth-order valence-electron chi connectivity index (χ4n) is 1.16. The molecule has 1 aliphatic carbocycles. The van der Waals surface area contributed by atoms with E-state index in [0.29, 0.717) is 0 Å². The number of carbonyl (C=O) groups is 1. The summed E-state index contributed by atoms with van der Waals surface area (Å²) in [6.07, 6.45) is -5.85. The molecule has 0 aromatic rings. The first-order valence-corrected chi connectivity index (χ1v) is 3.28. The highest BCUT2D eigenvalue weighted by Crippen LogP contribution is 2.47. The molecule has 3 nitrogen and oxygen atoms in total. The van der Waals surface area contributed by atoms with Crippen LogP contribution in [0.1, 0.15) is 12.8 Å². The van der Waals surface area contributed by atoms with E-state index in [4.69, 9.17) is 10.2 Å². The first kappa shape index (κ1) is 9.31. The second-order valence-electron chi connectivity index (χ2n) is 2.98. The van der Waals surface area contributed by atoms with Gasteiger partial charge in [-0.15, -0.1) is 0 Å². The molecule has 0 atom stereocenters. The van der Waals surface area contributed by atoms with Crippen LogP contribution in [0, 0.1) is 5.92 Å². The van der Waals surface area contributed by atoms with Crippen molar-refractivity contribution in [1.82, 2.24) is 0 Å². The topological polar surface area (TPSA) is 57.5 Å². The molecule has 70 valence electrons. The predicted octanol–water partition coefficient (Wildman–Crippen LogP) is 0.774. The Balaban J connectivity index is 2.53. The maximum Gasteiger partial charge on any atom is 0.392 e. The van der Waals surface area contributed by atoms with Gasteiger partial charge in [-0.05, 0) is 12.8 Å². The van der Waals surface area contributed by atoms with Gasteiger partial charge in [0.15, 0.2) is 5.60 Å². The highest BCUT2D eigenvalue weighted by Gasteiger charge is 2.58. The van der Waals surface area contributed by atoms with Crippen molar-refractivity contribution >= 4 is 5.97 Å². The molecule has 1 aliphatic rings. The van der Waals surface area contributed by atoms with Crippen molar-refractivity contribution in [3.05, 3.63) is 0 Å². The quantitative estimate of drug-likeness (QED) is 0.632. The molecule has 0 amide bonds. The number of hydrogen-bond donors (Lipinski definition) is 2. The lowest BCUT2D eigenvalue weighted by molar-refractivity contribution is -0.241. The third kappa shape index (κ3) is 1.38. The summed E-state index contributed by atoms with van der Waals surface area (Å²) in [7, 11) is 0. The molecule has 0 radical (unpaired) electrons. The highest BCUT2D eigenvalue weighted by atomic mass is 19.4. The molecule has 1 saturated carbocycles. The van der Waals surface area contributed by atoms with Crippen LogP contribution < -0.4 is 0 Å². The number of aliphatic hydroxyl groups is 1. The number of aliphatic carboxylic acids is 1. The van der Waals surface area contributed by atoms with E-state index >= 15 is 0 Å². The van der Waals surface area contributed by atoms with Gasteiger partial charge in [-0.25, -0.2) is 4.79 Å². The van der Waals surface area contributed by atoms with Crippen LogP contribution in [0.5, 0.6) is 0 Å². The minimum Gasteiger partial charge on any atom is -0.479 e. The molecular formula is C6H7F3O3. The van der Waals surface area contributed by atoms with Gasteiger partial charge >= 0.3 is 12.1 Å². The number of alkyl halides is 3. The Morgan fingerprint density at radius 3 is 2.08 bits per heavy atom. The molecule has 0 heterocycles. The monoisotopic (exact) mass is 184 g/mol. The van der Waals surface area contributed by atoms with Crippen molar-refractivity contribution in [2.75, 3.05) is 0 Å². The zero-order valence-electron chi connectivity index (χ0n) is 5.93. The summed E-state index contributed by atoms with van der Waals surface area (Å²) in [5.74, 6) is -3.25. The van der Waals surface area contributed by atoms with Crippen LogP contribution in [0.25, 0.3) is 0 Å². The third-order valence-electron chi connectivity index (χ3n) is 2.03. The summed E-state index contributed by atoms with van der Waals surface area (Å²) < 4.78 is 35.4. The molecule has 0 bridgehead atoms. The molecule has 0 unspecified atom stereocenters. The van der Waals surface area contributed by atoms with Gasteiger partial charge in [0.25, 0.3) is 0 Å². The summed E-state index contributed by atoms with van der Waals surface area (Å²) in [6.45, 7) is 0. The zero-order chi connectivity index (χ0) is 9.57. The zero-order valence-corrected chi connectivity index (χ0v) is 5.93. The highest BCUT2D eigenvalue weighted by molar-refractivity contribution is 5.78. The lowest BCUT2D eigenvalue weighted by Crippen LogP contribution is -2.54. The first-order chi connectivity index (χ1) is 5.26. The SMILES string of the molecule is O=C(O)C1(O)CC(C(F)(F)F)C1. The fourth-order valence-corrected chi connectivity index (χ4v) is 1.16. The number of hydrogen-bond acceptors (Lipinski definition) is 2. The molecule has 12 heavy (non-hydrogen) atoms. The van der Waals surface area contributed by atoms with Crippen LogP contribution in [-0.2, 0) is 4.79 Å².